The third kappa shape index (κ3) is 49.4. The van der Waals surface area contributed by atoms with E-state index >= 15 is 0 Å². The maximum Gasteiger partial charge on any atom is 0.309 e. The molecule has 0 atom stereocenters. The van der Waals surface area contributed by atoms with Gasteiger partial charge in [0.25, 0.3) is 0 Å². The Hall–Kier alpha value is -1.03. The number of unbranched alkanes of at least 4 members (excludes halogenated alkanes) is 1. The minimum atomic E-state index is -0.833. The van der Waals surface area contributed by atoms with Crippen LogP contribution in [0.4, 0.5) is 4.79 Å². The molecule has 0 saturated carbocycles. The normalized spacial score (nSPS) is 8.91. The van der Waals surface area contributed by atoms with Crippen molar-refractivity contribution in [3.63, 3.8) is 0 Å². The van der Waals surface area contributed by atoms with Crippen molar-refractivity contribution in [1.29, 1.82) is 0 Å². The molecule has 66 valence electrons. The Balaban J connectivity index is 0. The third-order valence-electron chi connectivity index (χ3n) is 0.811. The maximum atomic E-state index is 9.00. The van der Waals surface area contributed by atoms with Gasteiger partial charge in [-0.3, -0.25) is 0 Å². The van der Waals surface area contributed by atoms with E-state index in [4.69, 9.17) is 10.5 Å². The average Bonchev–Trinajstić information content (AvgIpc) is 1.88. The monoisotopic (exact) mass is 159 g/mol. The maximum absolute atomic E-state index is 9.00. The van der Waals surface area contributed by atoms with E-state index in [1.165, 1.54) is 0 Å². The molecule has 0 aliphatic heterocycles. The van der Waals surface area contributed by atoms with Crippen LogP contribution in [-0.4, -0.2) is 12.6 Å². The van der Waals surface area contributed by atoms with E-state index in [9.17, 15) is 0 Å². The largest absolute Gasteiger partial charge is 0.352 e. The van der Waals surface area contributed by atoms with Crippen LogP contribution in [-0.2, 0) is 0 Å². The van der Waals surface area contributed by atoms with Crippen molar-refractivity contribution >= 4 is 6.03 Å². The van der Waals surface area contributed by atoms with Crippen molar-refractivity contribution in [1.82, 2.24) is 0 Å². The summed E-state index contributed by atoms with van der Waals surface area (Å²) in [7, 11) is 0. The molecule has 0 unspecified atom stereocenters. The van der Waals surface area contributed by atoms with Crippen molar-refractivity contribution in [3.05, 3.63) is 12.2 Å². The van der Waals surface area contributed by atoms with Crippen LogP contribution in [0.1, 0.15) is 19.8 Å². The summed E-state index contributed by atoms with van der Waals surface area (Å²) in [5.74, 6) is 0. The van der Waals surface area contributed by atoms with Gasteiger partial charge in [0.1, 0.15) is 0 Å². The number of amides is 2. The van der Waals surface area contributed by atoms with Crippen molar-refractivity contribution in [2.75, 3.05) is 6.54 Å². The molecule has 0 spiro atoms. The fraction of sp³-hybridized carbons (Fsp3) is 0.571. The van der Waals surface area contributed by atoms with Crippen LogP contribution in [0.5, 0.6) is 0 Å². The second-order valence-corrected chi connectivity index (χ2v) is 1.90. The Bertz CT molecular complexity index is 108. The molecule has 0 fully saturated rings. The highest BCUT2D eigenvalue weighted by atomic mass is 16.2. The van der Waals surface area contributed by atoms with Crippen LogP contribution >= 0.6 is 0 Å². The number of hydrogen-bond acceptors (Lipinski definition) is 2. The average molecular weight is 159 g/mol. The van der Waals surface area contributed by atoms with E-state index in [1.54, 1.807) is 0 Å². The van der Waals surface area contributed by atoms with Crippen molar-refractivity contribution in [2.24, 2.45) is 17.2 Å². The van der Waals surface area contributed by atoms with Gasteiger partial charge in [0.2, 0.25) is 0 Å². The molecule has 0 rings (SSSR count). The van der Waals surface area contributed by atoms with Crippen molar-refractivity contribution in [2.45, 2.75) is 19.8 Å². The summed E-state index contributed by atoms with van der Waals surface area (Å²) in [4.78, 5) is 9.00. The zero-order valence-corrected chi connectivity index (χ0v) is 6.92. The Morgan fingerprint density at radius 2 is 1.91 bits per heavy atom. The molecule has 0 aromatic rings. The van der Waals surface area contributed by atoms with Crippen LogP contribution in [0.15, 0.2) is 12.2 Å². The van der Waals surface area contributed by atoms with Crippen molar-refractivity contribution < 1.29 is 4.79 Å². The molecule has 0 bridgehead atoms. The first-order valence-electron chi connectivity index (χ1n) is 3.51. The number of urea groups is 1. The summed E-state index contributed by atoms with van der Waals surface area (Å²) in [5, 5.41) is 0. The van der Waals surface area contributed by atoms with Gasteiger partial charge < -0.3 is 17.2 Å². The number of rotatable bonds is 3. The van der Waals surface area contributed by atoms with E-state index in [2.05, 4.69) is 23.6 Å². The molecule has 2 amide bonds. The lowest BCUT2D eigenvalue weighted by Crippen LogP contribution is -2.18. The number of nitrogens with two attached hydrogens (primary N) is 3. The molecule has 0 aromatic carbocycles. The second-order valence-electron chi connectivity index (χ2n) is 1.90. The second kappa shape index (κ2) is 11.7. The smallest absolute Gasteiger partial charge is 0.309 e. The lowest BCUT2D eigenvalue weighted by molar-refractivity contribution is 0.256. The summed E-state index contributed by atoms with van der Waals surface area (Å²) in [6.45, 7) is 2.83. The number of allylic oxidation sites excluding steroid dienone is 2. The summed E-state index contributed by atoms with van der Waals surface area (Å²) in [6.07, 6.45) is 6.43. The van der Waals surface area contributed by atoms with Crippen LogP contribution in [0, 0.1) is 0 Å². The minimum absolute atomic E-state index is 0.810. The fourth-order valence-corrected chi connectivity index (χ4v) is 0.402. The van der Waals surface area contributed by atoms with Crippen molar-refractivity contribution in [3.8, 4) is 0 Å². The Kier molecular flexibility index (Phi) is 13.5. The van der Waals surface area contributed by atoms with Gasteiger partial charge in [0.05, 0.1) is 0 Å². The number of hydrogen-bond donors (Lipinski definition) is 3. The van der Waals surface area contributed by atoms with Crippen LogP contribution in [0.3, 0.4) is 0 Å². The lowest BCUT2D eigenvalue weighted by Gasteiger charge is -1.84. The first-order valence-corrected chi connectivity index (χ1v) is 3.51. The molecule has 0 heterocycles. The number of carbonyl (C=O) groups is 1. The van der Waals surface area contributed by atoms with E-state index in [1.807, 2.05) is 6.92 Å². The molecule has 6 N–H and O–H groups in total. The molecule has 0 aromatic heterocycles. The standard InChI is InChI=1S/C6H13N.CH4N2O/c1-2-3-4-5-6-7;2-1(3)4/h2-3H,4-7H2,1H3;(H4,2,3,4). The van der Waals surface area contributed by atoms with Gasteiger partial charge in [-0.15, -0.1) is 0 Å². The first-order chi connectivity index (χ1) is 5.15. The molecule has 11 heavy (non-hydrogen) atoms. The molecular formula is C7H17N3O. The third-order valence-corrected chi connectivity index (χ3v) is 0.811. The van der Waals surface area contributed by atoms with Gasteiger partial charge in [-0.2, -0.15) is 0 Å². The van der Waals surface area contributed by atoms with E-state index in [0.717, 1.165) is 19.4 Å². The predicted octanol–water partition coefficient (Wildman–Crippen LogP) is 0.325. The predicted molar refractivity (Wildman–Crippen MR) is 46.9 cm³/mol. The zero-order chi connectivity index (χ0) is 9.11. The molecule has 4 heteroatoms. The fourth-order valence-electron chi connectivity index (χ4n) is 0.402. The lowest BCUT2D eigenvalue weighted by atomic mass is 10.3. The van der Waals surface area contributed by atoms with Gasteiger partial charge in [0.15, 0.2) is 0 Å². The minimum Gasteiger partial charge on any atom is -0.352 e. The quantitative estimate of drug-likeness (QED) is 0.408. The van der Waals surface area contributed by atoms with Gasteiger partial charge >= 0.3 is 6.03 Å². The number of carbonyl (C=O) groups excluding carboxylic acids is 1. The van der Waals surface area contributed by atoms with Gasteiger partial charge in [-0.25, -0.2) is 4.79 Å². The summed E-state index contributed by atoms with van der Waals surface area (Å²) >= 11 is 0. The van der Waals surface area contributed by atoms with E-state index < -0.39 is 6.03 Å². The van der Waals surface area contributed by atoms with Crippen LogP contribution in [0.2, 0.25) is 0 Å². The Morgan fingerprint density at radius 1 is 1.45 bits per heavy atom. The van der Waals surface area contributed by atoms with E-state index in [-0.39, 0.29) is 0 Å². The van der Waals surface area contributed by atoms with Gasteiger partial charge in [-0.1, -0.05) is 12.2 Å². The summed E-state index contributed by atoms with van der Waals surface area (Å²) in [5.41, 5.74) is 13.7. The SMILES string of the molecule is CC=CCCCN.NC(N)=O. The van der Waals surface area contributed by atoms with Gasteiger partial charge in [0, 0.05) is 0 Å². The first kappa shape index (κ1) is 12.6. The zero-order valence-electron chi connectivity index (χ0n) is 6.92. The summed E-state index contributed by atoms with van der Waals surface area (Å²) < 4.78 is 0. The topological polar surface area (TPSA) is 95.1 Å². The highest BCUT2D eigenvalue weighted by Crippen LogP contribution is 1.85. The molecule has 0 aliphatic rings. The Morgan fingerprint density at radius 3 is 2.18 bits per heavy atom. The van der Waals surface area contributed by atoms with Gasteiger partial charge in [-0.05, 0) is 26.3 Å². The molecular weight excluding hydrogens is 142 g/mol. The molecule has 0 aliphatic carbocycles. The van der Waals surface area contributed by atoms with Crippen LogP contribution < -0.4 is 17.2 Å². The molecule has 0 saturated heterocycles. The highest BCUT2D eigenvalue weighted by Gasteiger charge is 1.73. The van der Waals surface area contributed by atoms with E-state index in [0.29, 0.717) is 0 Å². The van der Waals surface area contributed by atoms with Crippen LogP contribution in [0.25, 0.3) is 0 Å². The molecule has 0 radical (unpaired) electrons. The summed E-state index contributed by atoms with van der Waals surface area (Å²) in [6, 6.07) is -0.833. The number of primary amides is 2. The Labute approximate surface area is 67.4 Å². The molecule has 4 nitrogen and oxygen atoms in total. The highest BCUT2D eigenvalue weighted by molar-refractivity contribution is 5.69.